The third kappa shape index (κ3) is 6.96. The van der Waals surface area contributed by atoms with E-state index in [1.54, 1.807) is 51.6 Å². The summed E-state index contributed by atoms with van der Waals surface area (Å²) in [6.45, 7) is 0.766. The van der Waals surface area contributed by atoms with Crippen LogP contribution in [-0.2, 0) is 16.1 Å². The third-order valence-electron chi connectivity index (χ3n) is 4.35. The maximum atomic E-state index is 12.5. The van der Waals surface area contributed by atoms with Gasteiger partial charge in [-0.25, -0.2) is 0 Å². The van der Waals surface area contributed by atoms with E-state index < -0.39 is 0 Å². The van der Waals surface area contributed by atoms with Crippen LogP contribution in [-0.4, -0.2) is 58.1 Å². The molecule has 0 aliphatic heterocycles. The van der Waals surface area contributed by atoms with Crippen molar-refractivity contribution in [2.45, 2.75) is 6.54 Å². The van der Waals surface area contributed by atoms with Crippen molar-refractivity contribution in [1.82, 2.24) is 4.90 Å². The summed E-state index contributed by atoms with van der Waals surface area (Å²) in [5, 5.41) is 3.38. The highest BCUT2D eigenvalue weighted by atomic mass is 35.5. The lowest BCUT2D eigenvalue weighted by Gasteiger charge is -2.20. The minimum Gasteiger partial charge on any atom is -0.497 e. The number of hydrogen-bond donors (Lipinski definition) is 2. The number of quaternary nitrogens is 1. The van der Waals surface area contributed by atoms with Crippen LogP contribution in [0.15, 0.2) is 42.5 Å². The fraction of sp³-hybridized carbons (Fsp3) is 0.333. The van der Waals surface area contributed by atoms with Gasteiger partial charge in [-0.2, -0.15) is 0 Å². The minimum atomic E-state index is -0.275. The molecule has 0 heterocycles. The molecule has 0 saturated carbocycles. The van der Waals surface area contributed by atoms with Crippen molar-refractivity contribution >= 4 is 29.1 Å². The molecule has 29 heavy (non-hydrogen) atoms. The predicted octanol–water partition coefficient (Wildman–Crippen LogP) is 1.47. The number of anilines is 1. The summed E-state index contributed by atoms with van der Waals surface area (Å²) in [7, 11) is 6.68. The van der Waals surface area contributed by atoms with E-state index in [4.69, 9.17) is 21.1 Å². The average Bonchev–Trinajstić information content (AvgIpc) is 2.68. The number of amides is 2. The Bertz CT molecular complexity index is 860. The lowest BCUT2D eigenvalue weighted by atomic mass is 10.2. The van der Waals surface area contributed by atoms with Gasteiger partial charge in [-0.15, -0.1) is 0 Å². The highest BCUT2D eigenvalue weighted by molar-refractivity contribution is 6.30. The summed E-state index contributed by atoms with van der Waals surface area (Å²) < 4.78 is 10.5. The lowest BCUT2D eigenvalue weighted by molar-refractivity contribution is -0.885. The third-order valence-corrected chi connectivity index (χ3v) is 4.58. The maximum Gasteiger partial charge on any atom is 0.277 e. The van der Waals surface area contributed by atoms with Crippen LogP contribution in [0.1, 0.15) is 5.56 Å². The number of ether oxygens (including phenoxy) is 2. The second-order valence-electron chi connectivity index (χ2n) is 6.80. The molecule has 2 amide bonds. The largest absolute Gasteiger partial charge is 0.497 e. The van der Waals surface area contributed by atoms with Crippen LogP contribution in [0.5, 0.6) is 11.5 Å². The number of rotatable bonds is 9. The number of methoxy groups -OCH3 is 2. The zero-order chi connectivity index (χ0) is 21.4. The Morgan fingerprint density at radius 1 is 1.14 bits per heavy atom. The fourth-order valence-corrected chi connectivity index (χ4v) is 3.07. The molecule has 0 spiro atoms. The molecule has 0 saturated heterocycles. The van der Waals surface area contributed by atoms with Crippen LogP contribution in [0.3, 0.4) is 0 Å². The van der Waals surface area contributed by atoms with Crippen LogP contribution in [0, 0.1) is 0 Å². The molecule has 2 aromatic carbocycles. The Labute approximate surface area is 176 Å². The number of halogens is 1. The van der Waals surface area contributed by atoms with Crippen molar-refractivity contribution in [2.24, 2.45) is 0 Å². The number of carbonyl (C=O) groups is 2. The van der Waals surface area contributed by atoms with Gasteiger partial charge in [0, 0.05) is 29.4 Å². The summed E-state index contributed by atoms with van der Waals surface area (Å²) >= 11 is 6.06. The summed E-state index contributed by atoms with van der Waals surface area (Å²) in [6, 6.07) is 12.5. The van der Waals surface area contributed by atoms with Crippen molar-refractivity contribution in [1.29, 1.82) is 0 Å². The number of nitrogens with one attached hydrogen (secondary N) is 2. The lowest BCUT2D eigenvalue weighted by Crippen LogP contribution is -3.08. The SMILES string of the molecule is COc1cccc(NC(=O)CN(C)C(=O)C[NH+](C)Cc2cc(Cl)ccc2OC)c1. The molecule has 0 aromatic heterocycles. The molecule has 1 atom stereocenters. The Morgan fingerprint density at radius 2 is 1.90 bits per heavy atom. The van der Waals surface area contributed by atoms with E-state index >= 15 is 0 Å². The highest BCUT2D eigenvalue weighted by Gasteiger charge is 2.19. The first-order chi connectivity index (χ1) is 13.8. The number of hydrogen-bond acceptors (Lipinski definition) is 4. The van der Waals surface area contributed by atoms with E-state index in [0.717, 1.165) is 16.2 Å². The topological polar surface area (TPSA) is 72.3 Å². The smallest absolute Gasteiger partial charge is 0.277 e. The molecule has 0 aliphatic carbocycles. The minimum absolute atomic E-state index is 0.0379. The van der Waals surface area contributed by atoms with Gasteiger partial charge in [0.15, 0.2) is 6.54 Å². The van der Waals surface area contributed by atoms with E-state index in [0.29, 0.717) is 23.0 Å². The predicted molar refractivity (Wildman–Crippen MR) is 113 cm³/mol. The van der Waals surface area contributed by atoms with E-state index in [-0.39, 0.29) is 24.9 Å². The number of carbonyl (C=O) groups excluding carboxylic acids is 2. The number of likely N-dealkylation sites (N-methyl/N-ethyl adjacent to an activating group) is 2. The molecule has 0 aliphatic rings. The van der Waals surface area contributed by atoms with Crippen molar-refractivity contribution in [3.63, 3.8) is 0 Å². The average molecular weight is 421 g/mol. The normalized spacial score (nSPS) is 11.5. The van der Waals surface area contributed by atoms with Crippen LogP contribution in [0.25, 0.3) is 0 Å². The summed E-state index contributed by atoms with van der Waals surface area (Å²) in [4.78, 5) is 27.1. The van der Waals surface area contributed by atoms with E-state index in [9.17, 15) is 9.59 Å². The van der Waals surface area contributed by atoms with Crippen LogP contribution in [0.2, 0.25) is 5.02 Å². The molecule has 0 bridgehead atoms. The highest BCUT2D eigenvalue weighted by Crippen LogP contribution is 2.21. The van der Waals surface area contributed by atoms with Gasteiger partial charge in [-0.05, 0) is 30.3 Å². The fourth-order valence-electron chi connectivity index (χ4n) is 2.87. The Hall–Kier alpha value is -2.77. The van der Waals surface area contributed by atoms with Gasteiger partial charge < -0.3 is 24.6 Å². The van der Waals surface area contributed by atoms with Crippen LogP contribution < -0.4 is 19.7 Å². The van der Waals surface area contributed by atoms with Crippen molar-refractivity contribution < 1.29 is 24.0 Å². The number of benzene rings is 2. The van der Waals surface area contributed by atoms with Crippen molar-refractivity contribution in [3.8, 4) is 11.5 Å². The zero-order valence-corrected chi connectivity index (χ0v) is 17.9. The summed E-state index contributed by atoms with van der Waals surface area (Å²) in [5.74, 6) is 0.966. The molecule has 2 N–H and O–H groups in total. The van der Waals surface area contributed by atoms with E-state index in [1.165, 1.54) is 4.90 Å². The van der Waals surface area contributed by atoms with Gasteiger partial charge in [-0.1, -0.05) is 17.7 Å². The first-order valence-electron chi connectivity index (χ1n) is 9.14. The Kier molecular flexibility index (Phi) is 8.30. The molecule has 2 rings (SSSR count). The van der Waals surface area contributed by atoms with Gasteiger partial charge >= 0.3 is 0 Å². The molecular weight excluding hydrogens is 394 g/mol. The van der Waals surface area contributed by atoms with Gasteiger partial charge in [0.25, 0.3) is 5.91 Å². The zero-order valence-electron chi connectivity index (χ0n) is 17.1. The molecule has 0 fully saturated rings. The van der Waals surface area contributed by atoms with Gasteiger partial charge in [0.2, 0.25) is 5.91 Å². The molecule has 0 radical (unpaired) electrons. The molecule has 2 aromatic rings. The molecule has 8 heteroatoms. The maximum absolute atomic E-state index is 12.5. The summed E-state index contributed by atoms with van der Waals surface area (Å²) in [6.07, 6.45) is 0. The molecule has 7 nitrogen and oxygen atoms in total. The van der Waals surface area contributed by atoms with E-state index in [1.807, 2.05) is 19.2 Å². The first kappa shape index (κ1) is 22.5. The molecule has 156 valence electrons. The second-order valence-corrected chi connectivity index (χ2v) is 7.23. The standard InChI is InChI=1S/C21H26ClN3O4/c1-24(12-15-10-16(22)8-9-19(15)29-4)14-21(27)25(2)13-20(26)23-17-6-5-7-18(11-17)28-3/h5-11H,12-14H2,1-4H3,(H,23,26)/p+1. The van der Waals surface area contributed by atoms with Gasteiger partial charge in [-0.3, -0.25) is 9.59 Å². The van der Waals surface area contributed by atoms with Crippen molar-refractivity contribution in [3.05, 3.63) is 53.1 Å². The number of nitrogens with zero attached hydrogens (tertiary/aromatic N) is 1. The van der Waals surface area contributed by atoms with Gasteiger partial charge in [0.1, 0.15) is 18.0 Å². The Morgan fingerprint density at radius 3 is 2.59 bits per heavy atom. The monoisotopic (exact) mass is 420 g/mol. The second kappa shape index (κ2) is 10.7. The summed E-state index contributed by atoms with van der Waals surface area (Å²) in [5.41, 5.74) is 1.54. The van der Waals surface area contributed by atoms with Crippen LogP contribution in [0.4, 0.5) is 5.69 Å². The van der Waals surface area contributed by atoms with Crippen molar-refractivity contribution in [2.75, 3.05) is 46.7 Å². The van der Waals surface area contributed by atoms with Crippen LogP contribution >= 0.6 is 11.6 Å². The van der Waals surface area contributed by atoms with E-state index in [2.05, 4.69) is 5.32 Å². The molecule has 1 unspecified atom stereocenters. The van der Waals surface area contributed by atoms with Gasteiger partial charge in [0.05, 0.1) is 27.8 Å². The Balaban J connectivity index is 1.87. The first-order valence-corrected chi connectivity index (χ1v) is 9.51. The molecular formula is C21H27ClN3O4+. The quantitative estimate of drug-likeness (QED) is 0.644.